The maximum atomic E-state index is 14.2. The number of fused-ring (bicyclic) bond motifs is 4. The molecule has 6 aromatic rings. The Kier molecular flexibility index (Phi) is 6.40. The zero-order chi connectivity index (χ0) is 29.4. The van der Waals surface area contributed by atoms with Crippen molar-refractivity contribution in [3.63, 3.8) is 0 Å². The van der Waals surface area contributed by atoms with Gasteiger partial charge in [0.15, 0.2) is 0 Å². The molecule has 0 unspecified atom stereocenters. The SMILES string of the molecule is Cc1cc2c(cc1[Si](C)(C)C)c([Si](C)(C)c1ccccc1)cc(-c1c(C)c(C)cc3c1oc1cc(F)ccc13)[n+]2C. The Bertz CT molecular complexity index is 2000. The highest BCUT2D eigenvalue weighted by Gasteiger charge is 2.34. The Morgan fingerprint density at radius 3 is 2.10 bits per heavy atom. The Balaban J connectivity index is 1.78. The molecule has 0 saturated heterocycles. The lowest BCUT2D eigenvalue weighted by atomic mass is 9.95. The van der Waals surface area contributed by atoms with Crippen molar-refractivity contribution in [2.24, 2.45) is 7.05 Å². The minimum atomic E-state index is -2.12. The average molecular weight is 577 g/mol. The van der Waals surface area contributed by atoms with Gasteiger partial charge in [-0.2, -0.15) is 4.57 Å². The number of aryl methyl sites for hydroxylation is 3. The summed E-state index contributed by atoms with van der Waals surface area (Å²) in [6.45, 7) is 18.9. The van der Waals surface area contributed by atoms with Crippen molar-refractivity contribution in [2.75, 3.05) is 0 Å². The van der Waals surface area contributed by atoms with Crippen LogP contribution in [0.5, 0.6) is 0 Å². The molecule has 0 atom stereocenters. The summed E-state index contributed by atoms with van der Waals surface area (Å²) in [4.78, 5) is 0. The van der Waals surface area contributed by atoms with Crippen LogP contribution < -0.4 is 20.1 Å². The highest BCUT2D eigenvalue weighted by Crippen LogP contribution is 2.39. The van der Waals surface area contributed by atoms with Gasteiger partial charge in [0.2, 0.25) is 11.2 Å². The lowest BCUT2D eigenvalue weighted by Crippen LogP contribution is -2.55. The molecule has 2 heterocycles. The van der Waals surface area contributed by atoms with Gasteiger partial charge in [0.1, 0.15) is 32.1 Å². The molecule has 6 rings (SSSR count). The van der Waals surface area contributed by atoms with Crippen LogP contribution in [0.15, 0.2) is 77.2 Å². The molecule has 208 valence electrons. The second-order valence-electron chi connectivity index (χ2n) is 13.2. The number of halogens is 1. The number of hydrogen-bond donors (Lipinski definition) is 0. The molecule has 2 nitrogen and oxygen atoms in total. The van der Waals surface area contributed by atoms with Crippen LogP contribution in [0.2, 0.25) is 32.7 Å². The van der Waals surface area contributed by atoms with Crippen molar-refractivity contribution in [3.8, 4) is 11.3 Å². The number of nitrogens with zero attached hydrogens (tertiary/aromatic N) is 1. The zero-order valence-corrected chi connectivity index (χ0v) is 27.7. The van der Waals surface area contributed by atoms with Crippen LogP contribution in [0.3, 0.4) is 0 Å². The normalized spacial score (nSPS) is 12.6. The molecule has 0 amide bonds. The first-order chi connectivity index (χ1) is 19.3. The Morgan fingerprint density at radius 1 is 0.707 bits per heavy atom. The summed E-state index contributed by atoms with van der Waals surface area (Å²) in [6, 6.07) is 25.4. The molecule has 0 N–H and O–H groups in total. The molecule has 41 heavy (non-hydrogen) atoms. The number of hydrogen-bond acceptors (Lipinski definition) is 1. The van der Waals surface area contributed by atoms with Gasteiger partial charge in [-0.15, -0.1) is 0 Å². The molecule has 0 bridgehead atoms. The summed E-state index contributed by atoms with van der Waals surface area (Å²) >= 11 is 0. The Labute approximate surface area is 244 Å². The van der Waals surface area contributed by atoms with Gasteiger partial charge in [-0.05, 0) is 66.9 Å². The zero-order valence-electron chi connectivity index (χ0n) is 25.7. The molecule has 0 spiro atoms. The molecule has 0 fully saturated rings. The van der Waals surface area contributed by atoms with E-state index in [1.54, 1.807) is 0 Å². The van der Waals surface area contributed by atoms with E-state index in [1.807, 2.05) is 6.07 Å². The van der Waals surface area contributed by atoms with E-state index in [-0.39, 0.29) is 5.82 Å². The van der Waals surface area contributed by atoms with Crippen molar-refractivity contribution >= 4 is 64.5 Å². The van der Waals surface area contributed by atoms with Gasteiger partial charge in [-0.1, -0.05) is 73.4 Å². The molecule has 0 aliphatic carbocycles. The summed E-state index contributed by atoms with van der Waals surface area (Å²) in [5.41, 5.74) is 8.62. The average Bonchev–Trinajstić information content (AvgIpc) is 3.26. The quantitative estimate of drug-likeness (QED) is 0.156. The lowest BCUT2D eigenvalue weighted by Gasteiger charge is -2.27. The molecule has 5 heteroatoms. The van der Waals surface area contributed by atoms with E-state index in [4.69, 9.17) is 4.42 Å². The third-order valence-corrected chi connectivity index (χ3v) is 14.8. The predicted octanol–water partition coefficient (Wildman–Crippen LogP) is 7.66. The van der Waals surface area contributed by atoms with Gasteiger partial charge in [0.05, 0.1) is 13.6 Å². The van der Waals surface area contributed by atoms with E-state index in [0.717, 1.165) is 27.6 Å². The van der Waals surface area contributed by atoms with Crippen molar-refractivity contribution in [3.05, 3.63) is 95.3 Å². The smallest absolute Gasteiger partial charge is 0.216 e. The van der Waals surface area contributed by atoms with E-state index >= 15 is 0 Å². The van der Waals surface area contributed by atoms with Crippen molar-refractivity contribution in [1.82, 2.24) is 0 Å². The van der Waals surface area contributed by atoms with E-state index in [1.165, 1.54) is 55.3 Å². The van der Waals surface area contributed by atoms with Gasteiger partial charge in [0.25, 0.3) is 0 Å². The van der Waals surface area contributed by atoms with Crippen molar-refractivity contribution < 1.29 is 13.4 Å². The monoisotopic (exact) mass is 576 g/mol. The first-order valence-corrected chi connectivity index (χ1v) is 20.9. The third-order valence-electron chi connectivity index (χ3n) is 9.11. The largest absolute Gasteiger partial charge is 0.455 e. The number of rotatable bonds is 4. The third kappa shape index (κ3) is 4.37. The highest BCUT2D eigenvalue weighted by atomic mass is 28.3. The summed E-state index contributed by atoms with van der Waals surface area (Å²) < 4.78 is 23.1. The number of pyridine rings is 1. The fourth-order valence-electron chi connectivity index (χ4n) is 6.62. The molecule has 2 aromatic heterocycles. The van der Waals surface area contributed by atoms with Crippen LogP contribution in [-0.4, -0.2) is 16.1 Å². The fraction of sp³-hybridized carbons (Fsp3) is 0.250. The first kappa shape index (κ1) is 27.6. The van der Waals surface area contributed by atoms with E-state index in [0.29, 0.717) is 5.58 Å². The number of benzene rings is 4. The van der Waals surface area contributed by atoms with Gasteiger partial charge >= 0.3 is 0 Å². The molecule has 0 radical (unpaired) electrons. The summed E-state index contributed by atoms with van der Waals surface area (Å²) in [6.07, 6.45) is 0. The van der Waals surface area contributed by atoms with Crippen LogP contribution in [-0.2, 0) is 7.05 Å². The highest BCUT2D eigenvalue weighted by molar-refractivity contribution is 7.01. The van der Waals surface area contributed by atoms with Crippen LogP contribution in [0.4, 0.5) is 4.39 Å². The second kappa shape index (κ2) is 9.50. The maximum absolute atomic E-state index is 14.2. The molecular weight excluding hydrogens is 538 g/mol. The molecular formula is C36H39FNOSi2+. The summed E-state index contributed by atoms with van der Waals surface area (Å²) in [7, 11) is -1.51. The molecule has 0 aliphatic rings. The molecule has 0 aliphatic heterocycles. The molecule has 0 saturated carbocycles. The van der Waals surface area contributed by atoms with Crippen molar-refractivity contribution in [2.45, 2.75) is 53.5 Å². The van der Waals surface area contributed by atoms with E-state index in [9.17, 15) is 4.39 Å². The van der Waals surface area contributed by atoms with Crippen LogP contribution in [0.1, 0.15) is 16.7 Å². The van der Waals surface area contributed by atoms with Gasteiger partial charge < -0.3 is 4.42 Å². The van der Waals surface area contributed by atoms with Crippen LogP contribution in [0, 0.1) is 26.6 Å². The van der Waals surface area contributed by atoms with Crippen molar-refractivity contribution in [1.29, 1.82) is 0 Å². The van der Waals surface area contributed by atoms with E-state index < -0.39 is 16.1 Å². The van der Waals surface area contributed by atoms with Gasteiger partial charge in [-0.3, -0.25) is 0 Å². The maximum Gasteiger partial charge on any atom is 0.216 e. The van der Waals surface area contributed by atoms with Crippen LogP contribution in [0.25, 0.3) is 44.1 Å². The van der Waals surface area contributed by atoms with E-state index in [2.05, 4.69) is 120 Å². The number of aromatic nitrogens is 1. The van der Waals surface area contributed by atoms with Gasteiger partial charge in [0, 0.05) is 34.4 Å². The number of furan rings is 1. The summed E-state index contributed by atoms with van der Waals surface area (Å²) in [5, 5.41) is 7.70. The summed E-state index contributed by atoms with van der Waals surface area (Å²) in [5.74, 6) is -0.283. The molecule has 4 aromatic carbocycles. The van der Waals surface area contributed by atoms with Gasteiger partial charge in [-0.25, -0.2) is 4.39 Å². The standard InChI is InChI=1S/C36H39FNOSi2/c1-22-17-28-27-16-15-25(37)19-32(27)39-36(28)35(24(22)3)31-21-34(41(8,9)26-13-11-10-12-14-26)29-20-33(40(5,6)7)23(2)18-30(29)38(31)4/h10-21H,1-9H3/q+1. The fourth-order valence-corrected chi connectivity index (χ4v) is 11.2. The Hall–Kier alpha value is -3.55. The minimum absolute atomic E-state index is 0.283. The van der Waals surface area contributed by atoms with Crippen LogP contribution >= 0.6 is 0 Å². The predicted molar refractivity (Wildman–Crippen MR) is 178 cm³/mol. The lowest BCUT2D eigenvalue weighted by molar-refractivity contribution is -0.633. The minimum Gasteiger partial charge on any atom is -0.455 e. The topological polar surface area (TPSA) is 17.0 Å². The second-order valence-corrected chi connectivity index (χ2v) is 22.6. The first-order valence-electron chi connectivity index (χ1n) is 14.4. The Morgan fingerprint density at radius 2 is 1.41 bits per heavy atom.